The van der Waals surface area contributed by atoms with Crippen LogP contribution < -0.4 is 15.2 Å². The summed E-state index contributed by atoms with van der Waals surface area (Å²) >= 11 is 0. The molecule has 0 saturated heterocycles. The van der Waals surface area contributed by atoms with Crippen LogP contribution in [0, 0.1) is 0 Å². The van der Waals surface area contributed by atoms with Crippen molar-refractivity contribution in [3.8, 4) is 11.4 Å². The first-order chi connectivity index (χ1) is 10.2. The van der Waals surface area contributed by atoms with Crippen LogP contribution in [0.5, 0.6) is 5.75 Å². The molecule has 2 aromatic rings. The maximum absolute atomic E-state index is 12.2. The second-order valence-corrected chi connectivity index (χ2v) is 7.37. The molecule has 0 aliphatic carbocycles. The van der Waals surface area contributed by atoms with E-state index < -0.39 is 15.6 Å². The first-order valence-corrected chi connectivity index (χ1v) is 8.18. The molecule has 0 radical (unpaired) electrons. The Labute approximate surface area is 130 Å². The van der Waals surface area contributed by atoms with E-state index in [4.69, 9.17) is 10.5 Å². The summed E-state index contributed by atoms with van der Waals surface area (Å²) in [6, 6.07) is 7.22. The minimum Gasteiger partial charge on any atom is -0.494 e. The van der Waals surface area contributed by atoms with Gasteiger partial charge in [-0.25, -0.2) is 17.8 Å². The fourth-order valence-electron chi connectivity index (χ4n) is 1.76. The number of nitrogens with two attached hydrogens (primary N) is 1. The van der Waals surface area contributed by atoms with E-state index in [-0.39, 0.29) is 11.4 Å². The highest BCUT2D eigenvalue weighted by atomic mass is 32.2. The van der Waals surface area contributed by atoms with Gasteiger partial charge in [-0.2, -0.15) is 5.10 Å². The molecule has 0 atom stereocenters. The molecule has 0 aliphatic rings. The second kappa shape index (κ2) is 6.07. The summed E-state index contributed by atoms with van der Waals surface area (Å²) in [6.07, 6.45) is 2.72. The normalized spacial score (nSPS) is 12.4. The van der Waals surface area contributed by atoms with Crippen molar-refractivity contribution in [1.29, 1.82) is 0 Å². The Morgan fingerprint density at radius 2 is 2.05 bits per heavy atom. The van der Waals surface area contributed by atoms with Gasteiger partial charge in [0, 0.05) is 12.1 Å². The van der Waals surface area contributed by atoms with Gasteiger partial charge in [0.2, 0.25) is 10.0 Å². The van der Waals surface area contributed by atoms with Gasteiger partial charge >= 0.3 is 0 Å². The molecule has 0 aliphatic heterocycles. The standard InChI is InChI=1S/C14H20N4O3S/c1-14(2,15)10-17-22(19,20)11-8-16-18(9-11)12-6-4-5-7-13(12)21-3/h4-9,17H,10,15H2,1-3H3. The number of para-hydroxylation sites is 2. The van der Waals surface area contributed by atoms with Crippen LogP contribution in [-0.4, -0.2) is 37.4 Å². The van der Waals surface area contributed by atoms with Gasteiger partial charge in [-0.1, -0.05) is 12.1 Å². The highest BCUT2D eigenvalue weighted by Crippen LogP contribution is 2.22. The summed E-state index contributed by atoms with van der Waals surface area (Å²) in [5, 5.41) is 4.09. The SMILES string of the molecule is COc1ccccc1-n1cc(S(=O)(=O)NCC(C)(C)N)cn1. The summed E-state index contributed by atoms with van der Waals surface area (Å²) in [7, 11) is -2.11. The Kier molecular flexibility index (Phi) is 4.55. The molecule has 0 saturated carbocycles. The van der Waals surface area contributed by atoms with Crippen molar-refractivity contribution >= 4 is 10.0 Å². The zero-order valence-corrected chi connectivity index (χ0v) is 13.6. The van der Waals surface area contributed by atoms with Gasteiger partial charge in [0.1, 0.15) is 16.3 Å². The lowest BCUT2D eigenvalue weighted by Gasteiger charge is -2.18. The number of benzene rings is 1. The van der Waals surface area contributed by atoms with E-state index in [9.17, 15) is 8.42 Å². The third-order valence-corrected chi connectivity index (χ3v) is 4.27. The van der Waals surface area contributed by atoms with Gasteiger partial charge < -0.3 is 10.5 Å². The number of nitrogens with one attached hydrogen (secondary N) is 1. The topological polar surface area (TPSA) is 99.2 Å². The third kappa shape index (κ3) is 3.85. The smallest absolute Gasteiger partial charge is 0.243 e. The molecule has 22 heavy (non-hydrogen) atoms. The number of nitrogens with zero attached hydrogens (tertiary/aromatic N) is 2. The van der Waals surface area contributed by atoms with Crippen molar-refractivity contribution in [1.82, 2.24) is 14.5 Å². The second-order valence-electron chi connectivity index (χ2n) is 5.61. The molecule has 8 heteroatoms. The van der Waals surface area contributed by atoms with Crippen LogP contribution in [-0.2, 0) is 10.0 Å². The zero-order chi connectivity index (χ0) is 16.4. The number of rotatable bonds is 6. The summed E-state index contributed by atoms with van der Waals surface area (Å²) < 4.78 is 33.6. The predicted molar refractivity (Wildman–Crippen MR) is 83.6 cm³/mol. The maximum Gasteiger partial charge on any atom is 0.243 e. The van der Waals surface area contributed by atoms with Crippen LogP contribution in [0.1, 0.15) is 13.8 Å². The van der Waals surface area contributed by atoms with Crippen LogP contribution in [0.15, 0.2) is 41.6 Å². The van der Waals surface area contributed by atoms with Crippen molar-refractivity contribution in [2.45, 2.75) is 24.3 Å². The Hall–Kier alpha value is -1.90. The Balaban J connectivity index is 2.28. The summed E-state index contributed by atoms with van der Waals surface area (Å²) in [4.78, 5) is 0.0719. The monoisotopic (exact) mass is 324 g/mol. The van der Waals surface area contributed by atoms with Crippen molar-refractivity contribution < 1.29 is 13.2 Å². The van der Waals surface area contributed by atoms with Crippen molar-refractivity contribution in [2.75, 3.05) is 13.7 Å². The molecular formula is C14H20N4O3S. The van der Waals surface area contributed by atoms with Gasteiger partial charge in [0.15, 0.2) is 0 Å². The number of hydrogen-bond acceptors (Lipinski definition) is 5. The Morgan fingerprint density at radius 1 is 1.36 bits per heavy atom. The molecule has 7 nitrogen and oxygen atoms in total. The lowest BCUT2D eigenvalue weighted by atomic mass is 10.1. The lowest BCUT2D eigenvalue weighted by Crippen LogP contribution is -2.44. The van der Waals surface area contributed by atoms with E-state index in [0.29, 0.717) is 11.4 Å². The summed E-state index contributed by atoms with van der Waals surface area (Å²) in [5.74, 6) is 0.602. The predicted octanol–water partition coefficient (Wildman–Crippen LogP) is 0.896. The molecule has 1 aromatic carbocycles. The minimum absolute atomic E-state index is 0.0719. The van der Waals surface area contributed by atoms with Crippen molar-refractivity contribution in [2.24, 2.45) is 5.73 Å². The molecule has 120 valence electrons. The lowest BCUT2D eigenvalue weighted by molar-refractivity contribution is 0.411. The van der Waals surface area contributed by atoms with Gasteiger partial charge in [-0.3, -0.25) is 0 Å². The van der Waals surface area contributed by atoms with Gasteiger partial charge in [-0.15, -0.1) is 0 Å². The highest BCUT2D eigenvalue weighted by Gasteiger charge is 2.21. The van der Waals surface area contributed by atoms with E-state index >= 15 is 0 Å². The molecule has 0 fully saturated rings. The first kappa shape index (κ1) is 16.5. The molecule has 1 heterocycles. The number of aromatic nitrogens is 2. The van der Waals surface area contributed by atoms with E-state index in [1.807, 2.05) is 12.1 Å². The Morgan fingerprint density at radius 3 is 2.68 bits per heavy atom. The van der Waals surface area contributed by atoms with Crippen LogP contribution in [0.4, 0.5) is 0 Å². The fourth-order valence-corrected chi connectivity index (χ4v) is 2.91. The number of ether oxygens (including phenoxy) is 1. The van der Waals surface area contributed by atoms with Crippen LogP contribution in [0.3, 0.4) is 0 Å². The first-order valence-electron chi connectivity index (χ1n) is 6.69. The average molecular weight is 324 g/mol. The van der Waals surface area contributed by atoms with Crippen LogP contribution >= 0.6 is 0 Å². The molecule has 0 spiro atoms. The number of methoxy groups -OCH3 is 1. The van der Waals surface area contributed by atoms with Gasteiger partial charge in [0.25, 0.3) is 0 Å². The van der Waals surface area contributed by atoms with Gasteiger partial charge in [0.05, 0.1) is 19.5 Å². The molecule has 1 aromatic heterocycles. The zero-order valence-electron chi connectivity index (χ0n) is 12.8. The quantitative estimate of drug-likeness (QED) is 0.822. The van der Waals surface area contributed by atoms with Crippen LogP contribution in [0.25, 0.3) is 5.69 Å². The van der Waals surface area contributed by atoms with E-state index in [1.165, 1.54) is 17.1 Å². The number of sulfonamides is 1. The minimum atomic E-state index is -3.65. The van der Waals surface area contributed by atoms with E-state index in [2.05, 4.69) is 9.82 Å². The largest absolute Gasteiger partial charge is 0.494 e. The molecule has 0 amide bonds. The molecule has 2 rings (SSSR count). The average Bonchev–Trinajstić information content (AvgIpc) is 2.95. The molecule has 3 N–H and O–H groups in total. The summed E-state index contributed by atoms with van der Waals surface area (Å²) in [6.45, 7) is 3.62. The Bertz CT molecular complexity index is 747. The van der Waals surface area contributed by atoms with Gasteiger partial charge in [-0.05, 0) is 26.0 Å². The number of hydrogen-bond donors (Lipinski definition) is 2. The van der Waals surface area contributed by atoms with Crippen molar-refractivity contribution in [3.63, 3.8) is 0 Å². The van der Waals surface area contributed by atoms with E-state index in [1.54, 1.807) is 33.1 Å². The van der Waals surface area contributed by atoms with E-state index in [0.717, 1.165) is 0 Å². The maximum atomic E-state index is 12.2. The third-order valence-electron chi connectivity index (χ3n) is 2.92. The van der Waals surface area contributed by atoms with Crippen LogP contribution in [0.2, 0.25) is 0 Å². The summed E-state index contributed by atoms with van der Waals surface area (Å²) in [5.41, 5.74) is 5.82. The van der Waals surface area contributed by atoms with Crippen molar-refractivity contribution in [3.05, 3.63) is 36.7 Å². The molecular weight excluding hydrogens is 304 g/mol. The molecule has 0 bridgehead atoms. The molecule has 0 unspecified atom stereocenters. The highest BCUT2D eigenvalue weighted by molar-refractivity contribution is 7.89. The fraction of sp³-hybridized carbons (Fsp3) is 0.357.